The van der Waals surface area contributed by atoms with Crippen molar-refractivity contribution in [1.29, 1.82) is 0 Å². The van der Waals surface area contributed by atoms with Crippen LogP contribution in [0.15, 0.2) is 53.6 Å². The molecule has 2 aromatic carbocycles. The zero-order valence-corrected chi connectivity index (χ0v) is 16.9. The van der Waals surface area contributed by atoms with Gasteiger partial charge >= 0.3 is 0 Å². The Morgan fingerprint density at radius 1 is 1.04 bits per heavy atom. The minimum absolute atomic E-state index is 0.0201. The summed E-state index contributed by atoms with van der Waals surface area (Å²) in [5.41, 5.74) is 3.26. The average Bonchev–Trinajstić information content (AvgIpc) is 2.63. The summed E-state index contributed by atoms with van der Waals surface area (Å²) in [6, 6.07) is 13.2. The van der Waals surface area contributed by atoms with Gasteiger partial charge in [0.1, 0.15) is 17.9 Å². The number of fused-ring (bicyclic) bond motifs is 1. The molecule has 28 heavy (non-hydrogen) atoms. The molecule has 0 unspecified atom stereocenters. The van der Waals surface area contributed by atoms with Crippen molar-refractivity contribution in [3.63, 3.8) is 0 Å². The normalized spacial score (nSPS) is 11.1. The monoisotopic (exact) mass is 394 g/mol. The van der Waals surface area contributed by atoms with E-state index in [4.69, 9.17) is 4.74 Å². The molecule has 0 aliphatic heterocycles. The number of nitrogens with one attached hydrogen (secondary N) is 1. The summed E-state index contributed by atoms with van der Waals surface area (Å²) in [5, 5.41) is 0.990. The topological polar surface area (TPSA) is 68.3 Å². The van der Waals surface area contributed by atoms with Gasteiger partial charge in [0.05, 0.1) is 11.4 Å². The standard InChI is InChI=1S/C22H22N2O3S/c1-16-14-17(2)22(18(3)15-16)28(25,26)24-12-4-5-13-27-20-10-6-8-19-9-7-11-23-21(19)20/h6-11,14-15,24H,12-13H2,1-3H3. The molecule has 0 bridgehead atoms. The van der Waals surface area contributed by atoms with Gasteiger partial charge in [-0.3, -0.25) is 4.98 Å². The Balaban J connectivity index is 1.61. The van der Waals surface area contributed by atoms with Crippen LogP contribution in [0.3, 0.4) is 0 Å². The highest BCUT2D eigenvalue weighted by Gasteiger charge is 2.18. The predicted octanol–water partition coefficient (Wildman–Crippen LogP) is 3.52. The number of rotatable bonds is 5. The van der Waals surface area contributed by atoms with E-state index in [1.54, 1.807) is 20.0 Å². The zero-order valence-electron chi connectivity index (χ0n) is 16.1. The fourth-order valence-electron chi connectivity index (χ4n) is 3.21. The Kier molecular flexibility index (Phi) is 5.98. The van der Waals surface area contributed by atoms with Gasteiger partial charge in [-0.25, -0.2) is 8.42 Å². The first kappa shape index (κ1) is 19.9. The van der Waals surface area contributed by atoms with Gasteiger partial charge in [-0.15, -0.1) is 0 Å². The van der Waals surface area contributed by atoms with Crippen molar-refractivity contribution in [2.24, 2.45) is 0 Å². The summed E-state index contributed by atoms with van der Waals surface area (Å²) >= 11 is 0. The van der Waals surface area contributed by atoms with Crippen LogP contribution in [0.5, 0.6) is 5.75 Å². The zero-order chi connectivity index (χ0) is 20.1. The summed E-state index contributed by atoms with van der Waals surface area (Å²) in [7, 11) is -3.61. The van der Waals surface area contributed by atoms with Crippen molar-refractivity contribution in [2.45, 2.75) is 25.7 Å². The van der Waals surface area contributed by atoms with Crippen LogP contribution in [0.2, 0.25) is 0 Å². The molecule has 0 aliphatic rings. The first-order valence-corrected chi connectivity index (χ1v) is 10.4. The van der Waals surface area contributed by atoms with Crippen LogP contribution < -0.4 is 9.46 Å². The molecule has 1 N–H and O–H groups in total. The number of aromatic nitrogens is 1. The third-order valence-corrected chi connectivity index (χ3v) is 5.95. The Hall–Kier alpha value is -2.88. The smallest absolute Gasteiger partial charge is 0.241 e. The number of para-hydroxylation sites is 1. The molecular weight excluding hydrogens is 372 g/mol. The molecule has 6 heteroatoms. The number of hydrogen-bond donors (Lipinski definition) is 1. The molecule has 0 saturated carbocycles. The Labute approximate surface area is 165 Å². The van der Waals surface area contributed by atoms with E-state index in [0.717, 1.165) is 27.6 Å². The molecule has 3 aromatic rings. The Morgan fingerprint density at radius 3 is 2.50 bits per heavy atom. The lowest BCUT2D eigenvalue weighted by Gasteiger charge is -2.11. The molecule has 144 valence electrons. The van der Waals surface area contributed by atoms with E-state index < -0.39 is 10.0 Å². The molecular formula is C22H22N2O3S. The maximum atomic E-state index is 12.6. The number of hydrogen-bond acceptors (Lipinski definition) is 4. The second-order valence-corrected chi connectivity index (χ2v) is 8.23. The SMILES string of the molecule is Cc1cc(C)c(S(=O)(=O)NCC#CCOc2cccc3cccnc23)c(C)c1. The van der Waals surface area contributed by atoms with Gasteiger partial charge in [0.25, 0.3) is 0 Å². The fourth-order valence-corrected chi connectivity index (χ4v) is 4.59. The second-order valence-electron chi connectivity index (χ2n) is 6.53. The van der Waals surface area contributed by atoms with Gasteiger partial charge < -0.3 is 4.74 Å². The van der Waals surface area contributed by atoms with E-state index in [-0.39, 0.29) is 13.2 Å². The molecule has 0 atom stereocenters. The molecule has 0 aliphatic carbocycles. The van der Waals surface area contributed by atoms with E-state index in [1.165, 1.54) is 0 Å². The van der Waals surface area contributed by atoms with Crippen LogP contribution >= 0.6 is 0 Å². The number of benzene rings is 2. The molecule has 0 fully saturated rings. The number of pyridine rings is 1. The Bertz CT molecular complexity index is 1150. The van der Waals surface area contributed by atoms with Crippen molar-refractivity contribution >= 4 is 20.9 Å². The molecule has 1 aromatic heterocycles. The second kappa shape index (κ2) is 8.42. The summed E-state index contributed by atoms with van der Waals surface area (Å²) < 4.78 is 33.3. The minimum atomic E-state index is -3.61. The number of sulfonamides is 1. The first-order chi connectivity index (χ1) is 13.4. The van der Waals surface area contributed by atoms with Crippen LogP contribution in [0, 0.1) is 32.6 Å². The lowest BCUT2D eigenvalue weighted by atomic mass is 10.1. The van der Waals surface area contributed by atoms with Crippen molar-refractivity contribution in [3.05, 3.63) is 65.4 Å². The minimum Gasteiger partial charge on any atom is -0.479 e. The summed E-state index contributed by atoms with van der Waals surface area (Å²) in [4.78, 5) is 4.64. The largest absolute Gasteiger partial charge is 0.479 e. The van der Waals surface area contributed by atoms with Crippen LogP contribution in [0.4, 0.5) is 0 Å². The maximum Gasteiger partial charge on any atom is 0.241 e. The number of aryl methyl sites for hydroxylation is 3. The first-order valence-electron chi connectivity index (χ1n) is 8.88. The van der Waals surface area contributed by atoms with E-state index in [2.05, 4.69) is 21.5 Å². The fraction of sp³-hybridized carbons (Fsp3) is 0.227. The van der Waals surface area contributed by atoms with Gasteiger partial charge in [0.2, 0.25) is 10.0 Å². The highest BCUT2D eigenvalue weighted by Crippen LogP contribution is 2.23. The summed E-state index contributed by atoms with van der Waals surface area (Å²) in [5.74, 6) is 6.28. The maximum absolute atomic E-state index is 12.6. The van der Waals surface area contributed by atoms with Gasteiger partial charge in [-0.05, 0) is 44.0 Å². The summed E-state index contributed by atoms with van der Waals surface area (Å²) in [6.07, 6.45) is 1.71. The van der Waals surface area contributed by atoms with Crippen molar-refractivity contribution in [1.82, 2.24) is 9.71 Å². The number of nitrogens with zero attached hydrogens (tertiary/aromatic N) is 1. The van der Waals surface area contributed by atoms with Crippen LogP contribution in [-0.2, 0) is 10.0 Å². The van der Waals surface area contributed by atoms with Crippen LogP contribution in [-0.4, -0.2) is 26.6 Å². The molecule has 0 saturated heterocycles. The van der Waals surface area contributed by atoms with Crippen molar-refractivity contribution in [2.75, 3.05) is 13.2 Å². The quantitative estimate of drug-likeness (QED) is 0.673. The van der Waals surface area contributed by atoms with E-state index in [0.29, 0.717) is 10.6 Å². The van der Waals surface area contributed by atoms with E-state index in [9.17, 15) is 8.42 Å². The molecule has 0 spiro atoms. The summed E-state index contributed by atoms with van der Waals surface area (Å²) in [6.45, 7) is 5.71. The third-order valence-electron chi connectivity index (χ3n) is 4.24. The van der Waals surface area contributed by atoms with Crippen LogP contribution in [0.25, 0.3) is 10.9 Å². The number of ether oxygens (including phenoxy) is 1. The molecule has 0 radical (unpaired) electrons. The predicted molar refractivity (Wildman–Crippen MR) is 111 cm³/mol. The van der Waals surface area contributed by atoms with Crippen molar-refractivity contribution in [3.8, 4) is 17.6 Å². The van der Waals surface area contributed by atoms with Gasteiger partial charge in [-0.2, -0.15) is 4.72 Å². The van der Waals surface area contributed by atoms with Gasteiger partial charge in [0, 0.05) is 11.6 Å². The third kappa shape index (κ3) is 4.50. The highest BCUT2D eigenvalue weighted by molar-refractivity contribution is 7.89. The van der Waals surface area contributed by atoms with Gasteiger partial charge in [-0.1, -0.05) is 47.7 Å². The van der Waals surface area contributed by atoms with Gasteiger partial charge in [0.15, 0.2) is 0 Å². The highest BCUT2D eigenvalue weighted by atomic mass is 32.2. The van der Waals surface area contributed by atoms with E-state index in [1.807, 2.05) is 49.4 Å². The molecule has 0 amide bonds. The average molecular weight is 394 g/mol. The Morgan fingerprint density at radius 2 is 1.75 bits per heavy atom. The van der Waals surface area contributed by atoms with E-state index >= 15 is 0 Å². The molecule has 3 rings (SSSR count). The molecule has 1 heterocycles. The van der Waals surface area contributed by atoms with Crippen LogP contribution in [0.1, 0.15) is 16.7 Å². The van der Waals surface area contributed by atoms with Crippen molar-refractivity contribution < 1.29 is 13.2 Å². The lowest BCUT2D eigenvalue weighted by molar-refractivity contribution is 0.374. The lowest BCUT2D eigenvalue weighted by Crippen LogP contribution is -2.25. The molecule has 5 nitrogen and oxygen atoms in total.